The molecule has 0 bridgehead atoms. The average Bonchev–Trinajstić information content (AvgIpc) is 3.13. The number of nitrogen functional groups attached to an aromatic ring is 1. The third-order valence-corrected chi connectivity index (χ3v) is 7.26. The summed E-state index contributed by atoms with van der Waals surface area (Å²) < 4.78 is 8.46. The number of nitrogens with zero attached hydrogens (tertiary/aromatic N) is 3. The quantitative estimate of drug-likeness (QED) is 0.141. The van der Waals surface area contributed by atoms with Gasteiger partial charge in [0.15, 0.2) is 5.16 Å². The summed E-state index contributed by atoms with van der Waals surface area (Å²) >= 11 is 1.57. The molecule has 4 N–H and O–H groups in total. The molecular formula is C28H32N6O2S. The number of amides is 2. The molecule has 0 saturated heterocycles. The fourth-order valence-corrected chi connectivity index (χ4v) is 5.14. The SMILES string of the molecule is CC(C)NC(=O)Nc1ccc(-c2c(N)c3ccc(OCCSc4ncccn4)cc3n2C2CCC2)cc1. The number of rotatable bonds is 9. The molecule has 1 saturated carbocycles. The van der Waals surface area contributed by atoms with Crippen molar-refractivity contribution in [1.82, 2.24) is 19.9 Å². The summed E-state index contributed by atoms with van der Waals surface area (Å²) in [5.74, 6) is 1.58. The molecule has 2 aromatic heterocycles. The van der Waals surface area contributed by atoms with Crippen LogP contribution in [0.25, 0.3) is 22.2 Å². The Morgan fingerprint density at radius 2 is 1.92 bits per heavy atom. The first kappa shape index (κ1) is 25.0. The van der Waals surface area contributed by atoms with Gasteiger partial charge in [0.05, 0.1) is 23.5 Å². The van der Waals surface area contributed by atoms with Crippen molar-refractivity contribution in [3.05, 3.63) is 60.9 Å². The lowest BCUT2D eigenvalue weighted by Crippen LogP contribution is -2.34. The largest absolute Gasteiger partial charge is 0.493 e. The van der Waals surface area contributed by atoms with E-state index in [1.54, 1.807) is 24.2 Å². The highest BCUT2D eigenvalue weighted by Gasteiger charge is 2.27. The van der Waals surface area contributed by atoms with E-state index in [-0.39, 0.29) is 12.1 Å². The van der Waals surface area contributed by atoms with Crippen molar-refractivity contribution >= 4 is 40.1 Å². The molecule has 2 aromatic carbocycles. The zero-order chi connectivity index (χ0) is 25.8. The van der Waals surface area contributed by atoms with Crippen molar-refractivity contribution in [2.75, 3.05) is 23.4 Å². The summed E-state index contributed by atoms with van der Waals surface area (Å²) in [6, 6.07) is 16.1. The highest BCUT2D eigenvalue weighted by molar-refractivity contribution is 7.99. The van der Waals surface area contributed by atoms with Crippen molar-refractivity contribution in [2.24, 2.45) is 0 Å². The van der Waals surface area contributed by atoms with Gasteiger partial charge in [-0.2, -0.15) is 0 Å². The molecule has 1 aliphatic carbocycles. The highest BCUT2D eigenvalue weighted by atomic mass is 32.2. The second-order valence-corrected chi connectivity index (χ2v) is 10.5. The van der Waals surface area contributed by atoms with Crippen LogP contribution >= 0.6 is 11.8 Å². The Morgan fingerprint density at radius 1 is 1.16 bits per heavy atom. The number of aromatic nitrogens is 3. The molecule has 2 amide bonds. The number of hydrogen-bond acceptors (Lipinski definition) is 6. The van der Waals surface area contributed by atoms with E-state index < -0.39 is 0 Å². The third kappa shape index (κ3) is 5.67. The van der Waals surface area contributed by atoms with Crippen LogP contribution < -0.4 is 21.1 Å². The molecule has 0 spiro atoms. The summed E-state index contributed by atoms with van der Waals surface area (Å²) in [4.78, 5) is 20.5. The minimum Gasteiger partial charge on any atom is -0.493 e. The lowest BCUT2D eigenvalue weighted by Gasteiger charge is -2.30. The Hall–Kier alpha value is -3.72. The van der Waals surface area contributed by atoms with Gasteiger partial charge in [0, 0.05) is 52.9 Å². The third-order valence-electron chi connectivity index (χ3n) is 6.42. The van der Waals surface area contributed by atoms with E-state index in [1.807, 2.05) is 50.2 Å². The van der Waals surface area contributed by atoms with E-state index in [4.69, 9.17) is 10.5 Å². The Kier molecular flexibility index (Phi) is 7.50. The fourth-order valence-electron chi connectivity index (χ4n) is 4.52. The fraction of sp³-hybridized carbons (Fsp3) is 0.321. The predicted octanol–water partition coefficient (Wildman–Crippen LogP) is 6.11. The normalized spacial score (nSPS) is 13.5. The highest BCUT2D eigenvalue weighted by Crippen LogP contribution is 2.45. The van der Waals surface area contributed by atoms with Crippen molar-refractivity contribution in [1.29, 1.82) is 0 Å². The average molecular weight is 517 g/mol. The molecule has 192 valence electrons. The van der Waals surface area contributed by atoms with Gasteiger partial charge in [0.1, 0.15) is 5.75 Å². The molecule has 1 fully saturated rings. The lowest BCUT2D eigenvalue weighted by molar-refractivity contribution is 0.250. The maximum Gasteiger partial charge on any atom is 0.319 e. The zero-order valence-corrected chi connectivity index (χ0v) is 21.9. The Morgan fingerprint density at radius 3 is 2.59 bits per heavy atom. The molecule has 0 atom stereocenters. The molecule has 0 radical (unpaired) electrons. The van der Waals surface area contributed by atoms with E-state index in [1.165, 1.54) is 6.42 Å². The number of fused-ring (bicyclic) bond motifs is 1. The first-order valence-corrected chi connectivity index (χ1v) is 13.6. The number of ether oxygens (including phenoxy) is 1. The number of carbonyl (C=O) groups is 1. The van der Waals surface area contributed by atoms with Crippen LogP contribution in [0.3, 0.4) is 0 Å². The van der Waals surface area contributed by atoms with E-state index >= 15 is 0 Å². The summed E-state index contributed by atoms with van der Waals surface area (Å²) in [5, 5.41) is 7.50. The first-order chi connectivity index (χ1) is 18.0. The first-order valence-electron chi connectivity index (χ1n) is 12.6. The van der Waals surface area contributed by atoms with Gasteiger partial charge in [-0.1, -0.05) is 23.9 Å². The maximum atomic E-state index is 12.1. The summed E-state index contributed by atoms with van der Waals surface area (Å²) in [7, 11) is 0. The maximum absolute atomic E-state index is 12.1. The Labute approximate surface area is 221 Å². The minimum absolute atomic E-state index is 0.0720. The van der Waals surface area contributed by atoms with Crippen molar-refractivity contribution in [3.8, 4) is 17.0 Å². The number of urea groups is 1. The lowest BCUT2D eigenvalue weighted by atomic mass is 9.92. The number of carbonyl (C=O) groups excluding carboxylic acids is 1. The van der Waals surface area contributed by atoms with Crippen LogP contribution in [0.1, 0.15) is 39.2 Å². The molecule has 9 heteroatoms. The predicted molar refractivity (Wildman–Crippen MR) is 150 cm³/mol. The monoisotopic (exact) mass is 516 g/mol. The smallest absolute Gasteiger partial charge is 0.319 e. The van der Waals surface area contributed by atoms with E-state index in [0.717, 1.165) is 63.0 Å². The van der Waals surface area contributed by atoms with Gasteiger partial charge >= 0.3 is 6.03 Å². The topological polar surface area (TPSA) is 107 Å². The van der Waals surface area contributed by atoms with Crippen molar-refractivity contribution in [2.45, 2.75) is 50.4 Å². The summed E-state index contributed by atoms with van der Waals surface area (Å²) in [6.07, 6.45) is 6.96. The van der Waals surface area contributed by atoms with E-state index in [9.17, 15) is 4.79 Å². The Balaban J connectivity index is 1.37. The van der Waals surface area contributed by atoms with Crippen LogP contribution in [0.15, 0.2) is 66.1 Å². The molecule has 0 aliphatic heterocycles. The van der Waals surface area contributed by atoms with Gasteiger partial charge in [-0.25, -0.2) is 14.8 Å². The van der Waals surface area contributed by atoms with Crippen LogP contribution in [-0.4, -0.2) is 39.0 Å². The second kappa shape index (κ2) is 11.1. The van der Waals surface area contributed by atoms with Crippen LogP contribution in [0.2, 0.25) is 0 Å². The van der Waals surface area contributed by atoms with Gasteiger partial charge in [0.25, 0.3) is 0 Å². The number of thioether (sulfide) groups is 1. The molecule has 8 nitrogen and oxygen atoms in total. The van der Waals surface area contributed by atoms with Crippen LogP contribution in [0.4, 0.5) is 16.2 Å². The van der Waals surface area contributed by atoms with Crippen molar-refractivity contribution in [3.63, 3.8) is 0 Å². The molecule has 1 aliphatic rings. The van der Waals surface area contributed by atoms with E-state index in [2.05, 4.69) is 37.3 Å². The number of hydrogen-bond donors (Lipinski definition) is 3. The summed E-state index contributed by atoms with van der Waals surface area (Å²) in [6.45, 7) is 4.42. The number of nitrogens with one attached hydrogen (secondary N) is 2. The minimum atomic E-state index is -0.215. The molecule has 4 aromatic rings. The number of anilines is 2. The van der Waals surface area contributed by atoms with Crippen LogP contribution in [0.5, 0.6) is 5.75 Å². The number of benzene rings is 2. The van der Waals surface area contributed by atoms with Crippen LogP contribution in [-0.2, 0) is 0 Å². The molecule has 5 rings (SSSR count). The second-order valence-electron chi connectivity index (χ2n) is 9.45. The van der Waals surface area contributed by atoms with E-state index in [0.29, 0.717) is 12.6 Å². The molecular weight excluding hydrogens is 484 g/mol. The molecule has 37 heavy (non-hydrogen) atoms. The van der Waals surface area contributed by atoms with Crippen molar-refractivity contribution < 1.29 is 9.53 Å². The van der Waals surface area contributed by atoms with Crippen LogP contribution in [0, 0.1) is 0 Å². The van der Waals surface area contributed by atoms with Gasteiger partial charge in [-0.05, 0) is 63.4 Å². The summed E-state index contributed by atoms with van der Waals surface area (Å²) in [5.41, 5.74) is 11.4. The van der Waals surface area contributed by atoms with Gasteiger partial charge in [0.2, 0.25) is 0 Å². The van der Waals surface area contributed by atoms with Gasteiger partial charge < -0.3 is 25.7 Å². The molecule has 2 heterocycles. The van der Waals surface area contributed by atoms with Gasteiger partial charge in [-0.3, -0.25) is 0 Å². The molecule has 0 unspecified atom stereocenters. The van der Waals surface area contributed by atoms with Gasteiger partial charge in [-0.15, -0.1) is 0 Å². The number of nitrogens with two attached hydrogens (primary N) is 1. The Bertz CT molecular complexity index is 1370. The zero-order valence-electron chi connectivity index (χ0n) is 21.1. The standard InChI is InChI=1S/C28H32N6O2S/c1-18(2)32-27(35)33-20-9-7-19(8-10-20)26-25(29)23-12-11-22(17-24(23)34(26)21-5-3-6-21)36-15-16-37-28-30-13-4-14-31-28/h4,7-14,17-18,21H,3,5-6,15-16,29H2,1-2H3,(H2,32,33,35).